The highest BCUT2D eigenvalue weighted by molar-refractivity contribution is 7.80. The molecule has 0 aromatic heterocycles. The van der Waals surface area contributed by atoms with Crippen molar-refractivity contribution in [1.82, 2.24) is 5.32 Å². The molecule has 3 N–H and O–H groups in total. The normalized spacial score (nSPS) is 28.8. The van der Waals surface area contributed by atoms with Gasteiger partial charge < -0.3 is 11.1 Å². The third-order valence-corrected chi connectivity index (χ3v) is 4.06. The molecule has 4 heteroatoms. The molecule has 3 nitrogen and oxygen atoms in total. The summed E-state index contributed by atoms with van der Waals surface area (Å²) < 4.78 is 0. The van der Waals surface area contributed by atoms with Crippen molar-refractivity contribution in [3.05, 3.63) is 0 Å². The topological polar surface area (TPSA) is 55.1 Å². The molecule has 0 aromatic carbocycles. The highest BCUT2D eigenvalue weighted by Crippen LogP contribution is 2.32. The summed E-state index contributed by atoms with van der Waals surface area (Å²) in [5.74, 6) is 0.761. The van der Waals surface area contributed by atoms with Crippen molar-refractivity contribution >= 4 is 23.1 Å². The van der Waals surface area contributed by atoms with Crippen LogP contribution >= 0.6 is 12.2 Å². The quantitative estimate of drug-likeness (QED) is 0.775. The fraction of sp³-hybridized carbons (Fsp3) is 0.857. The van der Waals surface area contributed by atoms with Crippen LogP contribution in [-0.4, -0.2) is 16.4 Å². The Kier molecular flexibility index (Phi) is 4.76. The minimum Gasteiger partial charge on any atom is -0.391 e. The van der Waals surface area contributed by atoms with Gasteiger partial charge in [0.2, 0.25) is 5.91 Å². The van der Waals surface area contributed by atoms with Gasteiger partial charge in [0.1, 0.15) is 0 Å². The van der Waals surface area contributed by atoms with E-state index in [1.54, 1.807) is 0 Å². The number of hydrogen-bond donors (Lipinski definition) is 2. The van der Waals surface area contributed by atoms with E-state index in [0.717, 1.165) is 25.7 Å². The van der Waals surface area contributed by atoms with E-state index in [1.165, 1.54) is 0 Å². The largest absolute Gasteiger partial charge is 0.391 e. The zero-order chi connectivity index (χ0) is 14.0. The second kappa shape index (κ2) is 5.55. The number of amides is 1. The molecule has 18 heavy (non-hydrogen) atoms. The molecule has 1 rings (SSSR count). The van der Waals surface area contributed by atoms with E-state index in [4.69, 9.17) is 18.0 Å². The van der Waals surface area contributed by atoms with Crippen molar-refractivity contribution in [2.24, 2.45) is 17.1 Å². The molecule has 0 aliphatic heterocycles. The number of nitrogens with one attached hydrogen (secondary N) is 1. The summed E-state index contributed by atoms with van der Waals surface area (Å²) in [6.07, 6.45) is 4.41. The first-order valence-corrected chi connectivity index (χ1v) is 7.16. The maximum absolute atomic E-state index is 12.1. The van der Waals surface area contributed by atoms with Crippen LogP contribution in [0.25, 0.3) is 0 Å². The van der Waals surface area contributed by atoms with Gasteiger partial charge in [-0.3, -0.25) is 4.79 Å². The SMILES string of the molecule is CC1CCC(NC(=O)CC(C)(C)C)(C(N)=S)CC1. The Bertz CT molecular complexity index is 325. The van der Waals surface area contributed by atoms with Gasteiger partial charge in [-0.15, -0.1) is 0 Å². The number of nitrogens with two attached hydrogens (primary N) is 1. The molecule has 0 radical (unpaired) electrons. The maximum atomic E-state index is 12.1. The van der Waals surface area contributed by atoms with Gasteiger partial charge in [0.05, 0.1) is 10.5 Å². The van der Waals surface area contributed by atoms with Crippen molar-refractivity contribution < 1.29 is 4.79 Å². The Labute approximate surface area is 116 Å². The Morgan fingerprint density at radius 1 is 1.39 bits per heavy atom. The highest BCUT2D eigenvalue weighted by atomic mass is 32.1. The number of rotatable bonds is 3. The van der Waals surface area contributed by atoms with Crippen LogP contribution in [0.3, 0.4) is 0 Å². The lowest BCUT2D eigenvalue weighted by Crippen LogP contribution is -2.58. The van der Waals surface area contributed by atoms with Crippen molar-refractivity contribution in [3.8, 4) is 0 Å². The number of carbonyl (C=O) groups is 1. The molecule has 0 atom stereocenters. The van der Waals surface area contributed by atoms with Crippen molar-refractivity contribution in [2.45, 2.75) is 65.3 Å². The van der Waals surface area contributed by atoms with E-state index in [0.29, 0.717) is 17.3 Å². The van der Waals surface area contributed by atoms with E-state index < -0.39 is 5.54 Å². The van der Waals surface area contributed by atoms with Crippen LogP contribution < -0.4 is 11.1 Å². The van der Waals surface area contributed by atoms with Crippen LogP contribution in [0.1, 0.15) is 59.8 Å². The predicted octanol–water partition coefficient (Wildman–Crippen LogP) is 2.77. The predicted molar refractivity (Wildman–Crippen MR) is 79.4 cm³/mol. The summed E-state index contributed by atoms with van der Waals surface area (Å²) in [5.41, 5.74) is 5.43. The van der Waals surface area contributed by atoms with E-state index in [9.17, 15) is 4.79 Å². The number of carbonyl (C=O) groups excluding carboxylic acids is 1. The fourth-order valence-electron chi connectivity index (χ4n) is 2.48. The molecule has 1 saturated carbocycles. The lowest BCUT2D eigenvalue weighted by atomic mass is 9.76. The Balaban J connectivity index is 2.70. The molecule has 0 saturated heterocycles. The van der Waals surface area contributed by atoms with Gasteiger partial charge in [0, 0.05) is 6.42 Å². The van der Waals surface area contributed by atoms with Crippen LogP contribution in [0.2, 0.25) is 0 Å². The molecule has 0 aromatic rings. The monoisotopic (exact) mass is 270 g/mol. The summed E-state index contributed by atoms with van der Waals surface area (Å²) in [4.78, 5) is 12.5. The number of thiocarbonyl (C=S) groups is 1. The first-order chi connectivity index (χ1) is 8.15. The molecule has 0 unspecified atom stereocenters. The average molecular weight is 270 g/mol. The molecule has 1 amide bonds. The third kappa shape index (κ3) is 4.23. The van der Waals surface area contributed by atoms with Gasteiger partial charge in [-0.2, -0.15) is 0 Å². The zero-order valence-electron chi connectivity index (χ0n) is 12.0. The molecule has 1 aliphatic rings. The summed E-state index contributed by atoms with van der Waals surface area (Å²) in [7, 11) is 0. The third-order valence-electron chi connectivity index (χ3n) is 3.67. The smallest absolute Gasteiger partial charge is 0.221 e. The van der Waals surface area contributed by atoms with E-state index in [2.05, 4.69) is 33.0 Å². The van der Waals surface area contributed by atoms with Crippen LogP contribution in [0.4, 0.5) is 0 Å². The Hall–Kier alpha value is -0.640. The van der Waals surface area contributed by atoms with Crippen LogP contribution in [0.15, 0.2) is 0 Å². The van der Waals surface area contributed by atoms with Crippen molar-refractivity contribution in [3.63, 3.8) is 0 Å². The molecular weight excluding hydrogens is 244 g/mol. The summed E-state index contributed by atoms with van der Waals surface area (Å²) in [6.45, 7) is 8.41. The molecule has 0 spiro atoms. The van der Waals surface area contributed by atoms with Gasteiger partial charge in [-0.1, -0.05) is 39.9 Å². The Morgan fingerprint density at radius 3 is 2.28 bits per heavy atom. The van der Waals surface area contributed by atoms with Gasteiger partial charge in [-0.05, 0) is 37.0 Å². The zero-order valence-corrected chi connectivity index (χ0v) is 12.8. The van der Waals surface area contributed by atoms with E-state index in [1.807, 2.05) is 0 Å². The van der Waals surface area contributed by atoms with Gasteiger partial charge in [-0.25, -0.2) is 0 Å². The average Bonchev–Trinajstić information content (AvgIpc) is 2.18. The summed E-state index contributed by atoms with van der Waals surface area (Å²) >= 11 is 5.19. The first-order valence-electron chi connectivity index (χ1n) is 6.75. The molecular formula is C14H26N2OS. The molecule has 104 valence electrons. The standard InChI is InChI=1S/C14H26N2OS/c1-10-5-7-14(8-6-10,12(15)18)16-11(17)9-13(2,3)4/h10H,5-9H2,1-4H3,(H2,15,18)(H,16,17). The van der Waals surface area contributed by atoms with Crippen molar-refractivity contribution in [1.29, 1.82) is 0 Å². The van der Waals surface area contributed by atoms with E-state index >= 15 is 0 Å². The minimum absolute atomic E-state index is 0.0105. The molecule has 1 fully saturated rings. The van der Waals surface area contributed by atoms with Gasteiger partial charge >= 0.3 is 0 Å². The van der Waals surface area contributed by atoms with E-state index in [-0.39, 0.29) is 11.3 Å². The summed E-state index contributed by atoms with van der Waals surface area (Å²) in [5, 5.41) is 3.10. The fourth-order valence-corrected chi connectivity index (χ4v) is 2.74. The second-order valence-corrected chi connectivity index (χ2v) is 7.35. The Morgan fingerprint density at radius 2 is 1.89 bits per heavy atom. The molecule has 0 heterocycles. The lowest BCUT2D eigenvalue weighted by Gasteiger charge is -2.39. The second-order valence-electron chi connectivity index (χ2n) is 6.91. The van der Waals surface area contributed by atoms with Crippen molar-refractivity contribution in [2.75, 3.05) is 0 Å². The molecule has 0 bridgehead atoms. The number of hydrogen-bond acceptors (Lipinski definition) is 2. The van der Waals surface area contributed by atoms with Crippen LogP contribution in [0, 0.1) is 11.3 Å². The van der Waals surface area contributed by atoms with Crippen LogP contribution in [-0.2, 0) is 4.79 Å². The summed E-state index contributed by atoms with van der Waals surface area (Å²) in [6, 6.07) is 0. The van der Waals surface area contributed by atoms with Gasteiger partial charge in [0.15, 0.2) is 0 Å². The minimum atomic E-state index is -0.440. The lowest BCUT2D eigenvalue weighted by molar-refractivity contribution is -0.124. The molecule has 1 aliphatic carbocycles. The van der Waals surface area contributed by atoms with Crippen LogP contribution in [0.5, 0.6) is 0 Å². The first kappa shape index (κ1) is 15.4. The van der Waals surface area contributed by atoms with Gasteiger partial charge in [0.25, 0.3) is 0 Å². The highest BCUT2D eigenvalue weighted by Gasteiger charge is 2.38. The maximum Gasteiger partial charge on any atom is 0.221 e.